The molecule has 0 fully saturated rings. The van der Waals surface area contributed by atoms with E-state index in [2.05, 4.69) is 15.6 Å². The predicted molar refractivity (Wildman–Crippen MR) is 125 cm³/mol. The van der Waals surface area contributed by atoms with Crippen LogP contribution in [0, 0.1) is 5.82 Å². The molecule has 4 aromatic rings. The summed E-state index contributed by atoms with van der Waals surface area (Å²) in [4.78, 5) is 43.9. The number of fused-ring (bicyclic) bond motifs is 1. The molecule has 0 aliphatic rings. The fourth-order valence-corrected chi connectivity index (χ4v) is 4.39. The molecule has 0 saturated carbocycles. The number of anilines is 1. The van der Waals surface area contributed by atoms with E-state index in [1.54, 1.807) is 0 Å². The number of nitrogens with zero attached hydrogens (tertiary/aromatic N) is 2. The largest absolute Gasteiger partial charge is 0.347 e. The summed E-state index contributed by atoms with van der Waals surface area (Å²) < 4.78 is 14.4. The van der Waals surface area contributed by atoms with Gasteiger partial charge < -0.3 is 10.6 Å². The summed E-state index contributed by atoms with van der Waals surface area (Å²) in [6, 6.07) is 16.0. The minimum atomic E-state index is -0.585. The van der Waals surface area contributed by atoms with Gasteiger partial charge in [-0.15, -0.1) is 0 Å². The first-order valence-corrected chi connectivity index (χ1v) is 11.2. The molecule has 4 rings (SSSR count). The molecule has 0 bridgehead atoms. The Labute approximate surface area is 192 Å². The molecule has 0 saturated heterocycles. The van der Waals surface area contributed by atoms with Gasteiger partial charge in [0.2, 0.25) is 0 Å². The fourth-order valence-electron chi connectivity index (χ4n) is 3.35. The van der Waals surface area contributed by atoms with Crippen molar-refractivity contribution in [3.05, 3.63) is 98.7 Å². The summed E-state index contributed by atoms with van der Waals surface area (Å²) in [6.07, 6.45) is 1.41. The van der Waals surface area contributed by atoms with Crippen molar-refractivity contribution in [2.24, 2.45) is 0 Å². The summed E-state index contributed by atoms with van der Waals surface area (Å²) in [7, 11) is 0. The highest BCUT2D eigenvalue weighted by Gasteiger charge is 2.26. The van der Waals surface area contributed by atoms with Crippen LogP contribution in [0.1, 0.15) is 44.8 Å². The topological polar surface area (TPSA) is 92.6 Å². The van der Waals surface area contributed by atoms with Gasteiger partial charge in [-0.25, -0.2) is 13.8 Å². The molecule has 0 atom stereocenters. The normalized spacial score (nSPS) is 10.8. The second-order valence-corrected chi connectivity index (χ2v) is 8.34. The Hall–Kier alpha value is -3.85. The maximum absolute atomic E-state index is 13.2. The third kappa shape index (κ3) is 4.98. The number of carbonyl (C=O) groups is 2. The van der Waals surface area contributed by atoms with Gasteiger partial charge in [0, 0.05) is 24.0 Å². The lowest BCUT2D eigenvalue weighted by Gasteiger charge is -2.08. The molecule has 0 spiro atoms. The maximum Gasteiger partial charge on any atom is 0.270 e. The van der Waals surface area contributed by atoms with Crippen LogP contribution in [-0.2, 0) is 13.0 Å². The number of thiazole rings is 1. The highest BCUT2D eigenvalue weighted by Crippen LogP contribution is 2.23. The number of rotatable bonds is 7. The fraction of sp³-hybridized carbons (Fsp3) is 0.167. The van der Waals surface area contributed by atoms with Gasteiger partial charge >= 0.3 is 0 Å². The number of carbonyl (C=O) groups excluding carboxylic acids is 2. The van der Waals surface area contributed by atoms with Crippen molar-refractivity contribution in [1.82, 2.24) is 14.7 Å². The van der Waals surface area contributed by atoms with Crippen LogP contribution in [0.2, 0.25) is 0 Å². The molecule has 2 amide bonds. The first-order chi connectivity index (χ1) is 16.0. The van der Waals surface area contributed by atoms with Gasteiger partial charge in [-0.2, -0.15) is 0 Å². The van der Waals surface area contributed by atoms with Gasteiger partial charge in [0.15, 0.2) is 4.96 Å². The number of aromatic nitrogens is 2. The number of aryl methyl sites for hydroxylation is 1. The van der Waals surface area contributed by atoms with Gasteiger partial charge in [0.1, 0.15) is 16.4 Å². The molecule has 2 N–H and O–H groups in total. The Bertz CT molecular complexity index is 1360. The Morgan fingerprint density at radius 2 is 1.79 bits per heavy atom. The van der Waals surface area contributed by atoms with E-state index < -0.39 is 23.2 Å². The minimum Gasteiger partial charge on any atom is -0.347 e. The monoisotopic (exact) mass is 464 g/mol. The first-order valence-electron chi connectivity index (χ1n) is 10.4. The van der Waals surface area contributed by atoms with Crippen molar-refractivity contribution < 1.29 is 14.0 Å². The number of halogens is 1. The Morgan fingerprint density at radius 3 is 2.48 bits per heavy atom. The molecule has 0 aliphatic heterocycles. The van der Waals surface area contributed by atoms with Crippen molar-refractivity contribution in [3.8, 4) is 0 Å². The minimum absolute atomic E-state index is 0.0446. The Balaban J connectivity index is 1.74. The van der Waals surface area contributed by atoms with E-state index in [-0.39, 0.29) is 22.1 Å². The number of amides is 2. The summed E-state index contributed by atoms with van der Waals surface area (Å²) >= 11 is 0.963. The zero-order chi connectivity index (χ0) is 23.4. The van der Waals surface area contributed by atoms with Crippen LogP contribution in [0.5, 0.6) is 0 Å². The van der Waals surface area contributed by atoms with Gasteiger partial charge in [-0.3, -0.25) is 14.4 Å². The second-order valence-electron chi connectivity index (χ2n) is 7.36. The van der Waals surface area contributed by atoms with Crippen LogP contribution < -0.4 is 16.2 Å². The predicted octanol–water partition coefficient (Wildman–Crippen LogP) is 4.03. The molecule has 0 radical (unpaired) electrons. The lowest BCUT2D eigenvalue weighted by molar-refractivity contribution is 0.0933. The maximum atomic E-state index is 13.2. The zero-order valence-corrected chi connectivity index (χ0v) is 18.6. The number of benzene rings is 2. The summed E-state index contributed by atoms with van der Waals surface area (Å²) in [6.45, 7) is 2.20. The highest BCUT2D eigenvalue weighted by atomic mass is 32.1. The third-order valence-corrected chi connectivity index (χ3v) is 5.94. The van der Waals surface area contributed by atoms with Crippen LogP contribution in [0.25, 0.3) is 4.96 Å². The smallest absolute Gasteiger partial charge is 0.270 e. The van der Waals surface area contributed by atoms with Gasteiger partial charge in [0.05, 0.1) is 0 Å². The molecule has 2 aromatic heterocycles. The molecule has 9 heteroatoms. The molecule has 33 heavy (non-hydrogen) atoms. The zero-order valence-electron chi connectivity index (χ0n) is 17.8. The molecule has 2 aromatic carbocycles. The average Bonchev–Trinajstić information content (AvgIpc) is 3.20. The highest BCUT2D eigenvalue weighted by molar-refractivity contribution is 7.19. The third-order valence-electron chi connectivity index (χ3n) is 4.90. The number of hydrogen-bond acceptors (Lipinski definition) is 5. The van der Waals surface area contributed by atoms with E-state index in [9.17, 15) is 18.8 Å². The first kappa shape index (κ1) is 22.3. The van der Waals surface area contributed by atoms with Crippen LogP contribution in [0.15, 0.2) is 65.5 Å². The lowest BCUT2D eigenvalue weighted by Crippen LogP contribution is -2.30. The molecule has 0 unspecified atom stereocenters. The van der Waals surface area contributed by atoms with E-state index in [1.165, 1.54) is 34.7 Å². The van der Waals surface area contributed by atoms with E-state index in [0.717, 1.165) is 23.3 Å². The van der Waals surface area contributed by atoms with Crippen molar-refractivity contribution >= 4 is 33.8 Å². The Kier molecular flexibility index (Phi) is 6.60. The van der Waals surface area contributed by atoms with Crippen molar-refractivity contribution in [2.75, 3.05) is 5.32 Å². The second kappa shape index (κ2) is 9.74. The SMILES string of the molecule is CCCc1cc(=O)n2c(C(=O)NCc3ccccc3)c(C(=O)Nc3ccc(F)cc3)sc2n1. The molecular formula is C24H21FN4O3S. The molecule has 168 valence electrons. The Morgan fingerprint density at radius 1 is 1.06 bits per heavy atom. The van der Waals surface area contributed by atoms with Gasteiger partial charge in [-0.1, -0.05) is 55.0 Å². The quantitative estimate of drug-likeness (QED) is 0.432. The van der Waals surface area contributed by atoms with E-state index in [1.807, 2.05) is 37.3 Å². The lowest BCUT2D eigenvalue weighted by atomic mass is 10.2. The van der Waals surface area contributed by atoms with Crippen molar-refractivity contribution in [2.45, 2.75) is 26.3 Å². The van der Waals surface area contributed by atoms with Crippen LogP contribution in [0.4, 0.5) is 10.1 Å². The standard InChI is InChI=1S/C24H21FN4O3S/c1-2-6-18-13-19(30)29-20(22(31)26-14-15-7-4-3-5-8-15)21(33-24(29)28-18)23(32)27-17-11-9-16(25)10-12-17/h3-5,7-13H,2,6,14H2,1H3,(H,26,31)(H,27,32). The van der Waals surface area contributed by atoms with Crippen LogP contribution >= 0.6 is 11.3 Å². The van der Waals surface area contributed by atoms with Crippen LogP contribution in [0.3, 0.4) is 0 Å². The van der Waals surface area contributed by atoms with Crippen molar-refractivity contribution in [3.63, 3.8) is 0 Å². The van der Waals surface area contributed by atoms with E-state index >= 15 is 0 Å². The van der Waals surface area contributed by atoms with E-state index in [0.29, 0.717) is 17.8 Å². The molecule has 2 heterocycles. The van der Waals surface area contributed by atoms with Crippen LogP contribution in [-0.4, -0.2) is 21.2 Å². The molecule has 0 aliphatic carbocycles. The summed E-state index contributed by atoms with van der Waals surface area (Å²) in [5.74, 6) is -1.59. The van der Waals surface area contributed by atoms with E-state index in [4.69, 9.17) is 0 Å². The average molecular weight is 465 g/mol. The number of hydrogen-bond donors (Lipinski definition) is 2. The number of nitrogens with one attached hydrogen (secondary N) is 2. The van der Waals surface area contributed by atoms with Gasteiger partial charge in [0.25, 0.3) is 17.4 Å². The summed E-state index contributed by atoms with van der Waals surface area (Å²) in [5.41, 5.74) is 1.34. The molecular weight excluding hydrogens is 443 g/mol. The molecule has 7 nitrogen and oxygen atoms in total. The van der Waals surface area contributed by atoms with Gasteiger partial charge in [-0.05, 0) is 36.2 Å². The summed E-state index contributed by atoms with van der Waals surface area (Å²) in [5, 5.41) is 5.43. The van der Waals surface area contributed by atoms with Crippen molar-refractivity contribution in [1.29, 1.82) is 0 Å².